The number of fused-ring (bicyclic) bond motifs is 7. The summed E-state index contributed by atoms with van der Waals surface area (Å²) < 4.78 is 9.20. The molecule has 0 radical (unpaired) electrons. The summed E-state index contributed by atoms with van der Waals surface area (Å²) in [6.45, 7) is 21.3. The molecule has 14 rings (SSSR count). The van der Waals surface area contributed by atoms with E-state index in [-0.39, 0.29) is 16.2 Å². The molecule has 0 amide bonds. The third-order valence-electron chi connectivity index (χ3n) is 17.7. The Kier molecular flexibility index (Phi) is 12.5. The average Bonchev–Trinajstić information content (AvgIpc) is 1.82. The molecule has 5 heteroatoms. The molecule has 412 valence electrons. The summed E-state index contributed by atoms with van der Waals surface area (Å²) in [5.41, 5.74) is 22.3. The number of nitrogens with zero attached hydrogens (tertiary/aromatic N) is 4. The minimum absolute atomic E-state index is 0.0283. The van der Waals surface area contributed by atoms with Crippen molar-refractivity contribution < 1.29 is 4.74 Å². The number of rotatable bonds is 9. The van der Waals surface area contributed by atoms with Crippen molar-refractivity contribution in [3.63, 3.8) is 0 Å². The van der Waals surface area contributed by atoms with Crippen LogP contribution in [0.3, 0.4) is 0 Å². The fraction of sp³-hybridized carbons (Fsp3) is 0.177. The molecular formula is C79H70N4O. The van der Waals surface area contributed by atoms with Crippen LogP contribution in [-0.2, 0) is 21.7 Å². The molecule has 0 N–H and O–H groups in total. The van der Waals surface area contributed by atoms with Crippen LogP contribution in [0.4, 0.5) is 22.7 Å². The van der Waals surface area contributed by atoms with Crippen LogP contribution in [-0.4, -0.2) is 16.2 Å². The Balaban J connectivity index is 0.889. The van der Waals surface area contributed by atoms with Gasteiger partial charge in [-0.25, -0.2) is 4.98 Å². The molecule has 3 heterocycles. The van der Waals surface area contributed by atoms with Gasteiger partial charge in [-0.2, -0.15) is 0 Å². The number of para-hydroxylation sites is 4. The van der Waals surface area contributed by atoms with Crippen LogP contribution >= 0.6 is 0 Å². The molecule has 12 aromatic rings. The summed E-state index contributed by atoms with van der Waals surface area (Å²) >= 11 is 0. The standard InChI is InChI=1S/C79H70N4O/c1-76(2,3)56-43-44-80-74(48-56)83-70-34-18-15-29-66(70)67-42-41-61(50-73(67)83)84-60-26-21-25-59(49-60)81-51-82(72-36-20-19-35-71(72)81)75-62(30-22-31-63(75)53-45-57(77(4,5)6)47-58(46-53)78(7,8)9)52-37-39-55(40-38-52)79(54-23-11-10-12-24-54)68-32-16-13-27-64(68)65-28-14-17-33-69(65)79/h10-50H,51H2,1-9H3. The molecule has 0 saturated heterocycles. The van der Waals surface area contributed by atoms with Crippen molar-refractivity contribution in [3.05, 3.63) is 288 Å². The number of aromatic nitrogens is 2. The van der Waals surface area contributed by atoms with Crippen LogP contribution in [0.25, 0.3) is 61.0 Å². The quantitative estimate of drug-likeness (QED) is 0.144. The van der Waals surface area contributed by atoms with Crippen molar-refractivity contribution in [2.24, 2.45) is 0 Å². The summed E-state index contributed by atoms with van der Waals surface area (Å²) in [4.78, 5) is 9.92. The lowest BCUT2D eigenvalue weighted by molar-refractivity contribution is 0.483. The summed E-state index contributed by atoms with van der Waals surface area (Å²) in [5, 5.41) is 2.33. The second kappa shape index (κ2) is 19.9. The first kappa shape index (κ1) is 52.6. The molecule has 2 aliphatic rings. The summed E-state index contributed by atoms with van der Waals surface area (Å²) in [6, 6.07) is 89.7. The molecule has 0 saturated carbocycles. The van der Waals surface area contributed by atoms with E-state index in [0.717, 1.165) is 56.4 Å². The largest absolute Gasteiger partial charge is 0.457 e. The van der Waals surface area contributed by atoms with E-state index in [1.807, 2.05) is 6.20 Å². The van der Waals surface area contributed by atoms with Crippen LogP contribution in [0, 0.1) is 0 Å². The molecule has 0 fully saturated rings. The van der Waals surface area contributed by atoms with Crippen LogP contribution < -0.4 is 14.5 Å². The molecule has 0 unspecified atom stereocenters. The van der Waals surface area contributed by atoms with E-state index >= 15 is 0 Å². The van der Waals surface area contributed by atoms with Crippen molar-refractivity contribution >= 4 is 44.6 Å². The zero-order valence-corrected chi connectivity index (χ0v) is 49.6. The number of hydrogen-bond donors (Lipinski definition) is 0. The SMILES string of the molecule is CC(C)(C)c1cc(-c2cccc(-c3ccc(C4(c5ccccc5)c5ccccc5-c5ccccc54)cc3)c2N2CN(c3cccc(Oc4ccc5c6ccccc6n(-c6cc(C(C)(C)C)ccn6)c5c4)c3)c3ccccc32)cc(C(C)(C)C)c1. The topological polar surface area (TPSA) is 33.5 Å². The summed E-state index contributed by atoms with van der Waals surface area (Å²) in [6.07, 6.45) is 1.93. The van der Waals surface area contributed by atoms with Crippen LogP contribution in [0.5, 0.6) is 11.5 Å². The van der Waals surface area contributed by atoms with Crippen molar-refractivity contribution in [2.75, 3.05) is 16.5 Å². The highest BCUT2D eigenvalue weighted by Gasteiger charge is 2.46. The first-order valence-electron chi connectivity index (χ1n) is 29.6. The van der Waals surface area contributed by atoms with Gasteiger partial charge in [0.15, 0.2) is 0 Å². The van der Waals surface area contributed by atoms with E-state index in [1.54, 1.807) is 0 Å². The maximum absolute atomic E-state index is 6.93. The smallest absolute Gasteiger partial charge is 0.137 e. The van der Waals surface area contributed by atoms with E-state index < -0.39 is 5.41 Å². The lowest BCUT2D eigenvalue weighted by Gasteiger charge is -2.34. The highest BCUT2D eigenvalue weighted by atomic mass is 16.5. The fourth-order valence-electron chi connectivity index (χ4n) is 13.3. The first-order chi connectivity index (χ1) is 40.5. The Labute approximate surface area is 495 Å². The van der Waals surface area contributed by atoms with Gasteiger partial charge in [0.25, 0.3) is 0 Å². The van der Waals surface area contributed by atoms with Gasteiger partial charge in [-0.3, -0.25) is 4.57 Å². The zero-order valence-electron chi connectivity index (χ0n) is 49.6. The Morgan fingerprint density at radius 1 is 0.393 bits per heavy atom. The van der Waals surface area contributed by atoms with Crippen molar-refractivity contribution in [2.45, 2.75) is 84.0 Å². The molecule has 0 spiro atoms. The Morgan fingerprint density at radius 3 is 1.62 bits per heavy atom. The highest BCUT2D eigenvalue weighted by molar-refractivity contribution is 6.09. The molecule has 1 aliphatic heterocycles. The number of ether oxygens (including phenoxy) is 1. The predicted molar refractivity (Wildman–Crippen MR) is 351 cm³/mol. The van der Waals surface area contributed by atoms with E-state index in [0.29, 0.717) is 6.67 Å². The van der Waals surface area contributed by atoms with Gasteiger partial charge in [-0.15, -0.1) is 0 Å². The average molecular weight is 1090 g/mol. The van der Waals surface area contributed by atoms with Crippen molar-refractivity contribution in [1.82, 2.24) is 9.55 Å². The maximum atomic E-state index is 6.93. The van der Waals surface area contributed by atoms with Gasteiger partial charge in [-0.05, 0) is 132 Å². The minimum Gasteiger partial charge on any atom is -0.457 e. The molecule has 1 aliphatic carbocycles. The lowest BCUT2D eigenvalue weighted by atomic mass is 9.67. The zero-order chi connectivity index (χ0) is 57.7. The Morgan fingerprint density at radius 2 is 0.940 bits per heavy atom. The predicted octanol–water partition coefficient (Wildman–Crippen LogP) is 20.8. The van der Waals surface area contributed by atoms with E-state index in [4.69, 9.17) is 9.72 Å². The number of hydrogen-bond acceptors (Lipinski definition) is 4. The molecule has 2 aromatic heterocycles. The molecular weight excluding hydrogens is 1020 g/mol. The van der Waals surface area contributed by atoms with Gasteiger partial charge < -0.3 is 14.5 Å². The molecule has 0 bridgehead atoms. The molecule has 5 nitrogen and oxygen atoms in total. The molecule has 0 atom stereocenters. The van der Waals surface area contributed by atoms with Gasteiger partial charge in [0.05, 0.1) is 33.5 Å². The van der Waals surface area contributed by atoms with Gasteiger partial charge in [-0.1, -0.05) is 238 Å². The van der Waals surface area contributed by atoms with Crippen molar-refractivity contribution in [3.8, 4) is 50.7 Å². The highest BCUT2D eigenvalue weighted by Crippen LogP contribution is 2.57. The van der Waals surface area contributed by atoms with E-state index in [1.165, 1.54) is 77.8 Å². The maximum Gasteiger partial charge on any atom is 0.137 e. The van der Waals surface area contributed by atoms with Gasteiger partial charge in [0.1, 0.15) is 24.0 Å². The second-order valence-electron chi connectivity index (χ2n) is 26.1. The van der Waals surface area contributed by atoms with Crippen LogP contribution in [0.1, 0.15) is 101 Å². The second-order valence-corrected chi connectivity index (χ2v) is 26.1. The molecule has 84 heavy (non-hydrogen) atoms. The van der Waals surface area contributed by atoms with Crippen molar-refractivity contribution in [1.29, 1.82) is 0 Å². The third-order valence-corrected chi connectivity index (χ3v) is 17.7. The van der Waals surface area contributed by atoms with Gasteiger partial charge in [0, 0.05) is 45.9 Å². The van der Waals surface area contributed by atoms with E-state index in [9.17, 15) is 0 Å². The third kappa shape index (κ3) is 8.79. The first-order valence-corrected chi connectivity index (χ1v) is 29.6. The number of anilines is 4. The molecule has 10 aromatic carbocycles. The normalized spacial score (nSPS) is 13.8. The van der Waals surface area contributed by atoms with Gasteiger partial charge >= 0.3 is 0 Å². The monoisotopic (exact) mass is 1090 g/mol. The van der Waals surface area contributed by atoms with E-state index in [2.05, 4.69) is 319 Å². The Bertz CT molecular complexity index is 4430. The summed E-state index contributed by atoms with van der Waals surface area (Å²) in [5.74, 6) is 2.40. The lowest BCUT2D eigenvalue weighted by Crippen LogP contribution is -2.28. The number of benzene rings is 10. The number of pyridine rings is 1. The fourth-order valence-corrected chi connectivity index (χ4v) is 13.3. The Hall–Kier alpha value is -9.45. The minimum atomic E-state index is -0.496. The van der Waals surface area contributed by atoms with Crippen LogP contribution in [0.15, 0.2) is 249 Å². The van der Waals surface area contributed by atoms with Gasteiger partial charge in [0.2, 0.25) is 0 Å². The summed E-state index contributed by atoms with van der Waals surface area (Å²) in [7, 11) is 0. The van der Waals surface area contributed by atoms with Crippen LogP contribution in [0.2, 0.25) is 0 Å².